The minimum atomic E-state index is -0.252. The molecule has 1 N–H and O–H groups in total. The Morgan fingerprint density at radius 2 is 1.79 bits per heavy atom. The third-order valence-electron chi connectivity index (χ3n) is 4.01. The molecule has 1 amide bonds. The van der Waals surface area contributed by atoms with Crippen LogP contribution in [0.25, 0.3) is 0 Å². The Balaban J connectivity index is 1.95. The van der Waals surface area contributed by atoms with Crippen molar-refractivity contribution in [3.8, 4) is 0 Å². The molecule has 1 atom stereocenters. The van der Waals surface area contributed by atoms with Gasteiger partial charge in [-0.3, -0.25) is 9.69 Å². The molecule has 0 radical (unpaired) electrons. The van der Waals surface area contributed by atoms with Gasteiger partial charge in [0.1, 0.15) is 0 Å². The van der Waals surface area contributed by atoms with Crippen LogP contribution < -0.4 is 10.2 Å². The lowest BCUT2D eigenvalue weighted by Gasteiger charge is -2.24. The second-order valence-corrected chi connectivity index (χ2v) is 6.59. The lowest BCUT2D eigenvalue weighted by molar-refractivity contribution is -0.120. The molecule has 4 nitrogen and oxygen atoms in total. The highest BCUT2D eigenvalue weighted by atomic mass is 35.5. The third kappa shape index (κ3) is 4.98. The molecule has 0 fully saturated rings. The lowest BCUT2D eigenvalue weighted by atomic mass is 10.2. The molecule has 0 aromatic heterocycles. The minimum Gasteiger partial charge on any atom is -0.378 e. The molecule has 0 saturated carbocycles. The van der Waals surface area contributed by atoms with Gasteiger partial charge < -0.3 is 10.2 Å². The summed E-state index contributed by atoms with van der Waals surface area (Å²) in [6, 6.07) is 15.2. The van der Waals surface area contributed by atoms with Crippen molar-refractivity contribution in [3.05, 3.63) is 59.1 Å². The van der Waals surface area contributed by atoms with E-state index in [1.165, 1.54) is 0 Å². The third-order valence-corrected chi connectivity index (χ3v) is 4.25. The van der Waals surface area contributed by atoms with Crippen LogP contribution in [0.4, 0.5) is 11.4 Å². The molecule has 0 bridgehead atoms. The smallest absolute Gasteiger partial charge is 0.241 e. The van der Waals surface area contributed by atoms with Crippen LogP contribution >= 0.6 is 11.6 Å². The summed E-state index contributed by atoms with van der Waals surface area (Å²) in [6.07, 6.45) is 0. The highest BCUT2D eigenvalue weighted by Crippen LogP contribution is 2.17. The van der Waals surface area contributed by atoms with Gasteiger partial charge in [-0.1, -0.05) is 23.7 Å². The first-order valence-corrected chi connectivity index (χ1v) is 8.27. The normalized spacial score (nSPS) is 12.1. The van der Waals surface area contributed by atoms with E-state index in [0.717, 1.165) is 16.9 Å². The predicted octanol–water partition coefficient (Wildman–Crippen LogP) is 3.87. The van der Waals surface area contributed by atoms with Gasteiger partial charge in [-0.05, 0) is 55.9 Å². The van der Waals surface area contributed by atoms with Gasteiger partial charge in [0.05, 0.1) is 6.04 Å². The number of anilines is 2. The number of nitrogens with one attached hydrogen (secondary N) is 1. The van der Waals surface area contributed by atoms with Crippen molar-refractivity contribution in [1.82, 2.24) is 4.90 Å². The Morgan fingerprint density at radius 3 is 2.38 bits per heavy atom. The fourth-order valence-electron chi connectivity index (χ4n) is 2.35. The Morgan fingerprint density at radius 1 is 1.12 bits per heavy atom. The van der Waals surface area contributed by atoms with Gasteiger partial charge >= 0.3 is 0 Å². The molecule has 2 aromatic rings. The maximum atomic E-state index is 12.4. The Labute approximate surface area is 149 Å². The SMILES string of the molecule is CC(C(=O)Nc1ccc(N(C)C)cc1)N(C)Cc1cccc(Cl)c1. The predicted molar refractivity (Wildman–Crippen MR) is 102 cm³/mol. The molecule has 0 aliphatic carbocycles. The van der Waals surface area contributed by atoms with Crippen LogP contribution in [0.15, 0.2) is 48.5 Å². The number of carbonyl (C=O) groups excluding carboxylic acids is 1. The van der Waals surface area contributed by atoms with Crippen molar-refractivity contribution in [2.75, 3.05) is 31.4 Å². The Kier molecular flexibility index (Phi) is 6.23. The van der Waals surface area contributed by atoms with E-state index in [1.54, 1.807) is 0 Å². The topological polar surface area (TPSA) is 35.6 Å². The molecular weight excluding hydrogens is 322 g/mol. The first kappa shape index (κ1) is 18.3. The van der Waals surface area contributed by atoms with Gasteiger partial charge in [-0.2, -0.15) is 0 Å². The zero-order valence-electron chi connectivity index (χ0n) is 14.6. The first-order valence-electron chi connectivity index (χ1n) is 7.90. The summed E-state index contributed by atoms with van der Waals surface area (Å²) in [5.74, 6) is -0.0304. The van der Waals surface area contributed by atoms with Crippen molar-refractivity contribution >= 4 is 28.9 Å². The number of halogens is 1. The Bertz CT molecular complexity index is 685. The van der Waals surface area contributed by atoms with Gasteiger partial charge in [0.15, 0.2) is 0 Å². The molecule has 0 saturated heterocycles. The number of nitrogens with zero attached hydrogens (tertiary/aromatic N) is 2. The monoisotopic (exact) mass is 345 g/mol. The molecule has 128 valence electrons. The van der Waals surface area contributed by atoms with Crippen LogP contribution in [0.5, 0.6) is 0 Å². The van der Waals surface area contributed by atoms with Gasteiger partial charge in [0.2, 0.25) is 5.91 Å². The van der Waals surface area contributed by atoms with E-state index in [1.807, 2.05) is 86.4 Å². The quantitative estimate of drug-likeness (QED) is 0.863. The average Bonchev–Trinajstić information content (AvgIpc) is 2.54. The molecular formula is C19H24ClN3O. The number of rotatable bonds is 6. The molecule has 5 heteroatoms. The van der Waals surface area contributed by atoms with Crippen LogP contribution in [0.2, 0.25) is 5.02 Å². The van der Waals surface area contributed by atoms with Crippen LogP contribution in [-0.4, -0.2) is 38.0 Å². The number of benzene rings is 2. The summed E-state index contributed by atoms with van der Waals surface area (Å²) in [4.78, 5) is 16.5. The molecule has 0 spiro atoms. The molecule has 2 rings (SSSR count). The van der Waals surface area contributed by atoms with Crippen molar-refractivity contribution in [2.45, 2.75) is 19.5 Å². The van der Waals surface area contributed by atoms with Gasteiger partial charge in [-0.25, -0.2) is 0 Å². The number of hydrogen-bond acceptors (Lipinski definition) is 3. The summed E-state index contributed by atoms with van der Waals surface area (Å²) in [7, 11) is 5.90. The standard InChI is InChI=1S/C19H24ClN3O/c1-14(23(4)13-15-6-5-7-16(20)12-15)19(24)21-17-8-10-18(11-9-17)22(2)3/h5-12,14H,13H2,1-4H3,(H,21,24). The van der Waals surface area contributed by atoms with Crippen LogP contribution in [-0.2, 0) is 11.3 Å². The van der Waals surface area contributed by atoms with E-state index >= 15 is 0 Å². The van der Waals surface area contributed by atoms with E-state index in [-0.39, 0.29) is 11.9 Å². The molecule has 0 aliphatic heterocycles. The molecule has 0 aliphatic rings. The van der Waals surface area contributed by atoms with Crippen molar-refractivity contribution in [3.63, 3.8) is 0 Å². The first-order chi connectivity index (χ1) is 11.4. The average molecular weight is 346 g/mol. The molecule has 2 aromatic carbocycles. The fourth-order valence-corrected chi connectivity index (χ4v) is 2.56. The maximum absolute atomic E-state index is 12.4. The summed E-state index contributed by atoms with van der Waals surface area (Å²) in [5, 5.41) is 3.67. The summed E-state index contributed by atoms with van der Waals surface area (Å²) in [5.41, 5.74) is 2.98. The number of likely N-dealkylation sites (N-methyl/N-ethyl adjacent to an activating group) is 1. The second-order valence-electron chi connectivity index (χ2n) is 6.15. The van der Waals surface area contributed by atoms with E-state index in [9.17, 15) is 4.79 Å². The number of carbonyl (C=O) groups is 1. The summed E-state index contributed by atoms with van der Waals surface area (Å²) in [6.45, 7) is 2.56. The highest BCUT2D eigenvalue weighted by Gasteiger charge is 2.18. The second kappa shape index (κ2) is 8.18. The van der Waals surface area contributed by atoms with Gasteiger partial charge in [0.25, 0.3) is 0 Å². The summed E-state index contributed by atoms with van der Waals surface area (Å²) < 4.78 is 0. The molecule has 24 heavy (non-hydrogen) atoms. The molecule has 0 heterocycles. The van der Waals surface area contributed by atoms with Crippen molar-refractivity contribution in [2.24, 2.45) is 0 Å². The van der Waals surface area contributed by atoms with Crippen LogP contribution in [0.1, 0.15) is 12.5 Å². The zero-order chi connectivity index (χ0) is 17.7. The van der Waals surface area contributed by atoms with E-state index in [4.69, 9.17) is 11.6 Å². The molecule has 1 unspecified atom stereocenters. The van der Waals surface area contributed by atoms with Crippen LogP contribution in [0.3, 0.4) is 0 Å². The minimum absolute atomic E-state index is 0.0304. The number of hydrogen-bond donors (Lipinski definition) is 1. The van der Waals surface area contributed by atoms with E-state index in [2.05, 4.69) is 5.32 Å². The largest absolute Gasteiger partial charge is 0.378 e. The highest BCUT2D eigenvalue weighted by molar-refractivity contribution is 6.30. The zero-order valence-corrected chi connectivity index (χ0v) is 15.3. The van der Waals surface area contributed by atoms with Gasteiger partial charge in [0, 0.05) is 37.0 Å². The fraction of sp³-hybridized carbons (Fsp3) is 0.316. The van der Waals surface area contributed by atoms with Crippen molar-refractivity contribution in [1.29, 1.82) is 0 Å². The van der Waals surface area contributed by atoms with E-state index in [0.29, 0.717) is 11.6 Å². The lowest BCUT2D eigenvalue weighted by Crippen LogP contribution is -2.39. The summed E-state index contributed by atoms with van der Waals surface area (Å²) >= 11 is 6.01. The van der Waals surface area contributed by atoms with Crippen LogP contribution in [0, 0.1) is 0 Å². The van der Waals surface area contributed by atoms with E-state index < -0.39 is 0 Å². The Hall–Kier alpha value is -2.04. The number of amides is 1. The van der Waals surface area contributed by atoms with Gasteiger partial charge in [-0.15, -0.1) is 0 Å². The van der Waals surface area contributed by atoms with Crippen molar-refractivity contribution < 1.29 is 4.79 Å². The maximum Gasteiger partial charge on any atom is 0.241 e.